The van der Waals surface area contributed by atoms with Crippen molar-refractivity contribution in [3.63, 3.8) is 0 Å². The van der Waals surface area contributed by atoms with Crippen molar-refractivity contribution >= 4 is 29.7 Å². The SMILES string of the molecule is COC(=O)[C@@H]1CCCN1C(=O)[C@H](Cc1ccc(OC(=O)c2ccccc2)cc1)NC(=O)[C@@H](NC(=O)c1ccccc1)C(C)C. The molecule has 3 aromatic carbocycles. The van der Waals surface area contributed by atoms with Gasteiger partial charge >= 0.3 is 11.9 Å². The van der Waals surface area contributed by atoms with E-state index in [1.807, 2.05) is 0 Å². The number of carbonyl (C=O) groups is 5. The molecule has 3 atom stereocenters. The van der Waals surface area contributed by atoms with E-state index in [-0.39, 0.29) is 12.3 Å². The molecule has 1 heterocycles. The van der Waals surface area contributed by atoms with Crippen molar-refractivity contribution in [2.24, 2.45) is 5.92 Å². The number of rotatable bonds is 11. The number of nitrogens with one attached hydrogen (secondary N) is 2. The summed E-state index contributed by atoms with van der Waals surface area (Å²) in [7, 11) is 1.28. The Morgan fingerprint density at radius 3 is 2.05 bits per heavy atom. The molecule has 0 bridgehead atoms. The summed E-state index contributed by atoms with van der Waals surface area (Å²) in [6.45, 7) is 3.95. The molecule has 2 N–H and O–H groups in total. The van der Waals surface area contributed by atoms with Crippen molar-refractivity contribution in [3.05, 3.63) is 102 Å². The minimum atomic E-state index is -1.04. The van der Waals surface area contributed by atoms with Gasteiger partial charge in [-0.3, -0.25) is 14.4 Å². The summed E-state index contributed by atoms with van der Waals surface area (Å²) >= 11 is 0. The molecule has 1 aliphatic heterocycles. The Kier molecular flexibility index (Phi) is 10.9. The average molecular weight is 600 g/mol. The van der Waals surface area contributed by atoms with Crippen LogP contribution in [0.1, 0.15) is 53.0 Å². The highest BCUT2D eigenvalue weighted by Crippen LogP contribution is 2.22. The number of amides is 3. The zero-order chi connectivity index (χ0) is 31.6. The van der Waals surface area contributed by atoms with Gasteiger partial charge in [0.15, 0.2) is 0 Å². The van der Waals surface area contributed by atoms with Crippen LogP contribution in [0, 0.1) is 5.92 Å². The van der Waals surface area contributed by atoms with E-state index in [1.165, 1.54) is 12.0 Å². The molecule has 3 amide bonds. The number of hydrogen-bond acceptors (Lipinski definition) is 7. The molecule has 0 saturated carbocycles. The normalized spacial score (nSPS) is 15.6. The standard InChI is InChI=1S/C34H37N3O7/c1-22(2)29(36-30(38)24-11-6-4-7-12-24)31(39)35-27(32(40)37-20-10-15-28(37)34(42)43-3)21-23-16-18-26(19-17-23)44-33(41)25-13-8-5-9-14-25/h4-9,11-14,16-19,22,27-29H,10,15,20-21H2,1-3H3,(H,35,39)(H,36,38)/t27-,28-,29-/m0/s1. The van der Waals surface area contributed by atoms with Crippen LogP contribution in [-0.4, -0.2) is 66.3 Å². The van der Waals surface area contributed by atoms with Gasteiger partial charge in [-0.1, -0.05) is 62.4 Å². The second kappa shape index (κ2) is 15.0. The van der Waals surface area contributed by atoms with Crippen LogP contribution in [0.5, 0.6) is 5.75 Å². The third-order valence-electron chi connectivity index (χ3n) is 7.48. The summed E-state index contributed by atoms with van der Waals surface area (Å²) in [4.78, 5) is 66.7. The Balaban J connectivity index is 1.53. The molecule has 230 valence electrons. The highest BCUT2D eigenvalue weighted by molar-refractivity contribution is 5.99. The number of nitrogens with zero attached hydrogens (tertiary/aromatic N) is 1. The van der Waals surface area contributed by atoms with Crippen LogP contribution in [-0.2, 0) is 25.5 Å². The lowest BCUT2D eigenvalue weighted by atomic mass is 10.00. The Hall–Kier alpha value is -4.99. The molecule has 0 radical (unpaired) electrons. The first-order valence-corrected chi connectivity index (χ1v) is 14.6. The number of hydrogen-bond donors (Lipinski definition) is 2. The molecule has 1 saturated heterocycles. The van der Waals surface area contributed by atoms with Crippen molar-refractivity contribution in [2.45, 2.75) is 51.2 Å². The molecule has 0 aromatic heterocycles. The highest BCUT2D eigenvalue weighted by atomic mass is 16.5. The van der Waals surface area contributed by atoms with E-state index >= 15 is 0 Å². The van der Waals surface area contributed by atoms with Gasteiger partial charge in [-0.2, -0.15) is 0 Å². The van der Waals surface area contributed by atoms with Gasteiger partial charge in [0, 0.05) is 18.5 Å². The zero-order valence-corrected chi connectivity index (χ0v) is 25.0. The van der Waals surface area contributed by atoms with Gasteiger partial charge in [0.1, 0.15) is 23.9 Å². The predicted molar refractivity (Wildman–Crippen MR) is 163 cm³/mol. The van der Waals surface area contributed by atoms with E-state index in [1.54, 1.807) is 98.8 Å². The monoisotopic (exact) mass is 599 g/mol. The van der Waals surface area contributed by atoms with Gasteiger partial charge in [0.2, 0.25) is 11.8 Å². The molecular weight excluding hydrogens is 562 g/mol. The van der Waals surface area contributed by atoms with Crippen molar-refractivity contribution in [2.75, 3.05) is 13.7 Å². The molecule has 0 spiro atoms. The van der Waals surface area contributed by atoms with Gasteiger partial charge in [-0.25, -0.2) is 9.59 Å². The predicted octanol–water partition coefficient (Wildman–Crippen LogP) is 3.55. The fourth-order valence-corrected chi connectivity index (χ4v) is 5.09. The number of carbonyl (C=O) groups excluding carboxylic acids is 5. The summed E-state index contributed by atoms with van der Waals surface area (Å²) in [5.74, 6) is -2.34. The Labute approximate surface area is 256 Å². The number of methoxy groups -OCH3 is 1. The first-order chi connectivity index (χ1) is 21.2. The molecule has 0 aliphatic carbocycles. The number of likely N-dealkylation sites (tertiary alicyclic amines) is 1. The van der Waals surface area contributed by atoms with Gasteiger partial charge in [0.25, 0.3) is 5.91 Å². The molecule has 0 unspecified atom stereocenters. The summed E-state index contributed by atoms with van der Waals surface area (Å²) in [5.41, 5.74) is 1.51. The van der Waals surface area contributed by atoms with Gasteiger partial charge in [0.05, 0.1) is 12.7 Å². The van der Waals surface area contributed by atoms with Crippen LogP contribution in [0.4, 0.5) is 0 Å². The first kappa shape index (κ1) is 31.9. The van der Waals surface area contributed by atoms with E-state index in [2.05, 4.69) is 10.6 Å². The maximum absolute atomic E-state index is 13.9. The van der Waals surface area contributed by atoms with Crippen molar-refractivity contribution < 1.29 is 33.4 Å². The minimum absolute atomic E-state index is 0.0966. The molecule has 1 aliphatic rings. The summed E-state index contributed by atoms with van der Waals surface area (Å²) in [5, 5.41) is 5.63. The maximum Gasteiger partial charge on any atom is 0.343 e. The summed E-state index contributed by atoms with van der Waals surface area (Å²) in [6, 6.07) is 21.1. The van der Waals surface area contributed by atoms with Crippen molar-refractivity contribution in [1.29, 1.82) is 0 Å². The minimum Gasteiger partial charge on any atom is -0.467 e. The topological polar surface area (TPSA) is 131 Å². The van der Waals surface area contributed by atoms with E-state index in [0.717, 1.165) is 0 Å². The third-order valence-corrected chi connectivity index (χ3v) is 7.48. The van der Waals surface area contributed by atoms with Crippen LogP contribution in [0.25, 0.3) is 0 Å². The number of ether oxygens (including phenoxy) is 2. The van der Waals surface area contributed by atoms with Gasteiger partial charge in [-0.05, 0) is 60.7 Å². The van der Waals surface area contributed by atoms with Crippen molar-refractivity contribution in [1.82, 2.24) is 15.5 Å². The van der Waals surface area contributed by atoms with E-state index in [9.17, 15) is 24.0 Å². The fourth-order valence-electron chi connectivity index (χ4n) is 5.09. The summed E-state index contributed by atoms with van der Waals surface area (Å²) in [6.07, 6.45) is 1.18. The first-order valence-electron chi connectivity index (χ1n) is 14.6. The second-order valence-electron chi connectivity index (χ2n) is 10.9. The van der Waals surface area contributed by atoms with Crippen LogP contribution in [0.2, 0.25) is 0 Å². The lowest BCUT2D eigenvalue weighted by Crippen LogP contribution is -2.57. The van der Waals surface area contributed by atoms with Crippen molar-refractivity contribution in [3.8, 4) is 5.75 Å². The van der Waals surface area contributed by atoms with Crippen LogP contribution in [0.15, 0.2) is 84.9 Å². The Morgan fingerprint density at radius 2 is 1.45 bits per heavy atom. The maximum atomic E-state index is 13.9. The molecule has 1 fully saturated rings. The average Bonchev–Trinajstić information content (AvgIpc) is 3.54. The van der Waals surface area contributed by atoms with Gasteiger partial charge < -0.3 is 25.0 Å². The van der Waals surface area contributed by atoms with Gasteiger partial charge in [-0.15, -0.1) is 0 Å². The van der Waals surface area contributed by atoms with Crippen LogP contribution >= 0.6 is 0 Å². The van der Waals surface area contributed by atoms with E-state index in [4.69, 9.17) is 9.47 Å². The van der Waals surface area contributed by atoms with Crippen LogP contribution in [0.3, 0.4) is 0 Å². The highest BCUT2D eigenvalue weighted by Gasteiger charge is 2.39. The molecule has 4 rings (SSSR count). The van der Waals surface area contributed by atoms with Crippen LogP contribution < -0.4 is 15.4 Å². The molecule has 10 heteroatoms. The second-order valence-corrected chi connectivity index (χ2v) is 10.9. The number of benzene rings is 3. The Bertz CT molecular complexity index is 1460. The molecule has 10 nitrogen and oxygen atoms in total. The molecule has 44 heavy (non-hydrogen) atoms. The van der Waals surface area contributed by atoms with E-state index < -0.39 is 47.8 Å². The molecular formula is C34H37N3O7. The zero-order valence-electron chi connectivity index (χ0n) is 25.0. The Morgan fingerprint density at radius 1 is 0.841 bits per heavy atom. The largest absolute Gasteiger partial charge is 0.467 e. The fraction of sp³-hybridized carbons (Fsp3) is 0.324. The summed E-state index contributed by atoms with van der Waals surface area (Å²) < 4.78 is 10.4. The lowest BCUT2D eigenvalue weighted by Gasteiger charge is -2.30. The molecule has 3 aromatic rings. The van der Waals surface area contributed by atoms with E-state index in [0.29, 0.717) is 41.8 Å². The smallest absolute Gasteiger partial charge is 0.343 e. The third kappa shape index (κ3) is 8.09. The number of esters is 2. The lowest BCUT2D eigenvalue weighted by molar-refractivity contribution is -0.151. The quantitative estimate of drug-likeness (QED) is 0.255.